The molecule has 0 fully saturated rings. The molecule has 3 N–H and O–H groups in total. The van der Waals surface area contributed by atoms with Crippen molar-refractivity contribution >= 4 is 5.91 Å². The highest BCUT2D eigenvalue weighted by Gasteiger charge is 2.13. The average molecular weight is 234 g/mol. The number of carbonyl (C=O) groups is 1. The first-order valence-corrected chi connectivity index (χ1v) is 4.95. The molecule has 2 aromatic rings. The molecule has 1 heterocycles. The first-order chi connectivity index (χ1) is 8.13. The first-order valence-electron chi connectivity index (χ1n) is 4.95. The van der Waals surface area contributed by atoms with Gasteiger partial charge in [0, 0.05) is 0 Å². The van der Waals surface area contributed by atoms with E-state index < -0.39 is 5.91 Å². The molecule has 0 saturated carbocycles. The van der Waals surface area contributed by atoms with Gasteiger partial charge in [-0.25, -0.2) is 14.9 Å². The number of nitrogen functional groups attached to an aromatic ring is 1. The van der Waals surface area contributed by atoms with Crippen molar-refractivity contribution in [3.63, 3.8) is 0 Å². The number of aromatic nitrogens is 2. The van der Waals surface area contributed by atoms with Gasteiger partial charge < -0.3 is 0 Å². The molecule has 1 aromatic heterocycles. The number of rotatable bonds is 2. The summed E-state index contributed by atoms with van der Waals surface area (Å²) < 4.78 is 14.6. The molecular formula is C11H11FN4O. The zero-order valence-electron chi connectivity index (χ0n) is 9.14. The van der Waals surface area contributed by atoms with E-state index in [1.807, 2.05) is 5.43 Å². The number of nitrogens with zero attached hydrogens (tertiary/aromatic N) is 2. The molecule has 17 heavy (non-hydrogen) atoms. The van der Waals surface area contributed by atoms with Crippen LogP contribution >= 0.6 is 0 Å². The zero-order chi connectivity index (χ0) is 12.4. The quantitative estimate of drug-likeness (QED) is 0.461. The standard InChI is InChI=1S/C11H11FN4O/c1-7-10(11(17)15-13)6-14-16(7)9-4-2-3-8(12)5-9/h2-6H,13H2,1H3,(H,15,17). The van der Waals surface area contributed by atoms with Crippen LogP contribution in [0.4, 0.5) is 4.39 Å². The van der Waals surface area contributed by atoms with Gasteiger partial charge >= 0.3 is 0 Å². The van der Waals surface area contributed by atoms with Crippen molar-refractivity contribution in [2.24, 2.45) is 5.84 Å². The Labute approximate surface area is 97.0 Å². The van der Waals surface area contributed by atoms with Crippen molar-refractivity contribution < 1.29 is 9.18 Å². The number of nitrogens with two attached hydrogens (primary N) is 1. The van der Waals surface area contributed by atoms with E-state index in [1.54, 1.807) is 19.1 Å². The van der Waals surface area contributed by atoms with Gasteiger partial charge in [-0.05, 0) is 25.1 Å². The summed E-state index contributed by atoms with van der Waals surface area (Å²) in [6.45, 7) is 1.71. The molecule has 5 nitrogen and oxygen atoms in total. The van der Waals surface area contributed by atoms with Crippen molar-refractivity contribution in [3.05, 3.63) is 47.5 Å². The Hall–Kier alpha value is -2.21. The summed E-state index contributed by atoms with van der Waals surface area (Å²) >= 11 is 0. The van der Waals surface area contributed by atoms with Crippen LogP contribution in [0.5, 0.6) is 0 Å². The van der Waals surface area contributed by atoms with Gasteiger partial charge in [0.15, 0.2) is 0 Å². The van der Waals surface area contributed by atoms with E-state index in [0.717, 1.165) is 0 Å². The van der Waals surface area contributed by atoms with Gasteiger partial charge in [0.05, 0.1) is 23.1 Å². The Morgan fingerprint density at radius 2 is 2.29 bits per heavy atom. The van der Waals surface area contributed by atoms with Crippen LogP contribution in [0.15, 0.2) is 30.5 Å². The van der Waals surface area contributed by atoms with Gasteiger partial charge in [0.1, 0.15) is 5.82 Å². The van der Waals surface area contributed by atoms with Crippen LogP contribution in [0.3, 0.4) is 0 Å². The molecule has 1 aromatic carbocycles. The molecule has 0 radical (unpaired) electrons. The number of halogens is 1. The van der Waals surface area contributed by atoms with E-state index in [4.69, 9.17) is 5.84 Å². The number of hydrogen-bond acceptors (Lipinski definition) is 3. The van der Waals surface area contributed by atoms with Gasteiger partial charge in [-0.1, -0.05) is 6.07 Å². The van der Waals surface area contributed by atoms with E-state index in [0.29, 0.717) is 16.9 Å². The lowest BCUT2D eigenvalue weighted by molar-refractivity contribution is 0.0953. The Morgan fingerprint density at radius 1 is 1.53 bits per heavy atom. The fourth-order valence-electron chi connectivity index (χ4n) is 1.58. The predicted molar refractivity (Wildman–Crippen MR) is 59.9 cm³/mol. The summed E-state index contributed by atoms with van der Waals surface area (Å²) in [5.41, 5.74) is 3.54. The van der Waals surface area contributed by atoms with E-state index in [9.17, 15) is 9.18 Å². The molecule has 0 bridgehead atoms. The maximum atomic E-state index is 13.1. The second-order valence-corrected chi connectivity index (χ2v) is 3.51. The van der Waals surface area contributed by atoms with Crippen molar-refractivity contribution in [1.82, 2.24) is 15.2 Å². The highest BCUT2D eigenvalue weighted by Crippen LogP contribution is 2.14. The Bertz CT molecular complexity index is 564. The lowest BCUT2D eigenvalue weighted by Gasteiger charge is -2.05. The van der Waals surface area contributed by atoms with Crippen LogP contribution in [0.25, 0.3) is 5.69 Å². The number of hydrogen-bond donors (Lipinski definition) is 2. The largest absolute Gasteiger partial charge is 0.290 e. The fraction of sp³-hybridized carbons (Fsp3) is 0.0909. The monoisotopic (exact) mass is 234 g/mol. The molecule has 0 spiro atoms. The molecule has 0 aliphatic carbocycles. The maximum absolute atomic E-state index is 13.1. The van der Waals surface area contributed by atoms with Crippen LogP contribution in [0.1, 0.15) is 16.1 Å². The second-order valence-electron chi connectivity index (χ2n) is 3.51. The third-order valence-corrected chi connectivity index (χ3v) is 2.44. The lowest BCUT2D eigenvalue weighted by Crippen LogP contribution is -2.30. The van der Waals surface area contributed by atoms with E-state index in [-0.39, 0.29) is 5.82 Å². The first kappa shape index (κ1) is 11.3. The van der Waals surface area contributed by atoms with Crippen LogP contribution in [-0.4, -0.2) is 15.7 Å². The summed E-state index contributed by atoms with van der Waals surface area (Å²) in [6, 6.07) is 5.96. The number of carbonyl (C=O) groups excluding carboxylic acids is 1. The minimum atomic E-state index is -0.426. The van der Waals surface area contributed by atoms with Crippen molar-refractivity contribution in [3.8, 4) is 5.69 Å². The normalized spacial score (nSPS) is 10.3. The van der Waals surface area contributed by atoms with Crippen LogP contribution in [-0.2, 0) is 0 Å². The highest BCUT2D eigenvalue weighted by atomic mass is 19.1. The van der Waals surface area contributed by atoms with Crippen molar-refractivity contribution in [1.29, 1.82) is 0 Å². The highest BCUT2D eigenvalue weighted by molar-refractivity contribution is 5.94. The zero-order valence-corrected chi connectivity index (χ0v) is 9.14. The predicted octanol–water partition coefficient (Wildman–Crippen LogP) is 0.923. The third-order valence-electron chi connectivity index (χ3n) is 2.44. The van der Waals surface area contributed by atoms with Gasteiger partial charge in [-0.3, -0.25) is 10.2 Å². The second kappa shape index (κ2) is 4.34. The van der Waals surface area contributed by atoms with Crippen LogP contribution < -0.4 is 11.3 Å². The van der Waals surface area contributed by atoms with Crippen molar-refractivity contribution in [2.75, 3.05) is 0 Å². The van der Waals surface area contributed by atoms with Crippen LogP contribution in [0, 0.1) is 12.7 Å². The van der Waals surface area contributed by atoms with E-state index in [2.05, 4.69) is 5.10 Å². The summed E-state index contributed by atoms with van der Waals surface area (Å²) in [6.07, 6.45) is 1.39. The topological polar surface area (TPSA) is 72.9 Å². The maximum Gasteiger partial charge on any atom is 0.268 e. The molecule has 0 atom stereocenters. The molecule has 88 valence electrons. The molecule has 2 rings (SSSR count). The van der Waals surface area contributed by atoms with E-state index >= 15 is 0 Å². The third kappa shape index (κ3) is 2.02. The Morgan fingerprint density at radius 3 is 2.94 bits per heavy atom. The van der Waals surface area contributed by atoms with E-state index in [1.165, 1.54) is 23.0 Å². The number of nitrogens with one attached hydrogen (secondary N) is 1. The van der Waals surface area contributed by atoms with Gasteiger partial charge in [0.25, 0.3) is 5.91 Å². The number of amides is 1. The molecule has 0 aliphatic heterocycles. The Kier molecular flexibility index (Phi) is 2.88. The number of benzene rings is 1. The van der Waals surface area contributed by atoms with Crippen LogP contribution in [0.2, 0.25) is 0 Å². The minimum absolute atomic E-state index is 0.358. The molecule has 1 amide bonds. The smallest absolute Gasteiger partial charge is 0.268 e. The van der Waals surface area contributed by atoms with Gasteiger partial charge in [0.2, 0.25) is 0 Å². The van der Waals surface area contributed by atoms with Gasteiger partial charge in [-0.15, -0.1) is 0 Å². The average Bonchev–Trinajstić information content (AvgIpc) is 2.70. The summed E-state index contributed by atoms with van der Waals surface area (Å²) in [5, 5.41) is 4.03. The van der Waals surface area contributed by atoms with Gasteiger partial charge in [-0.2, -0.15) is 5.10 Å². The Balaban J connectivity index is 2.48. The fourth-order valence-corrected chi connectivity index (χ4v) is 1.58. The van der Waals surface area contributed by atoms with Crippen molar-refractivity contribution in [2.45, 2.75) is 6.92 Å². The molecular weight excluding hydrogens is 223 g/mol. The molecule has 0 aliphatic rings. The molecule has 6 heteroatoms. The SMILES string of the molecule is Cc1c(C(=O)NN)cnn1-c1cccc(F)c1. The lowest BCUT2D eigenvalue weighted by atomic mass is 10.2. The summed E-state index contributed by atoms with van der Waals surface area (Å²) in [7, 11) is 0. The summed E-state index contributed by atoms with van der Waals surface area (Å²) in [4.78, 5) is 11.4. The summed E-state index contributed by atoms with van der Waals surface area (Å²) in [5.74, 6) is 4.26. The molecule has 0 unspecified atom stereocenters. The molecule has 0 saturated heterocycles. The number of hydrazine groups is 1. The minimum Gasteiger partial charge on any atom is -0.290 e.